The number of methoxy groups -OCH3 is 1. The topological polar surface area (TPSA) is 113 Å². The Balaban J connectivity index is 1.37. The molecule has 2 aromatic carbocycles. The lowest BCUT2D eigenvalue weighted by Crippen LogP contribution is -2.30. The minimum absolute atomic E-state index is 0.0732. The van der Waals surface area contributed by atoms with Gasteiger partial charge in [0.2, 0.25) is 5.91 Å². The number of carbonyl (C=O) groups excluding carboxylic acids is 2. The van der Waals surface area contributed by atoms with Crippen molar-refractivity contribution < 1.29 is 14.3 Å². The number of aromatic nitrogens is 4. The van der Waals surface area contributed by atoms with Gasteiger partial charge in [-0.15, -0.1) is 0 Å². The van der Waals surface area contributed by atoms with Crippen molar-refractivity contribution >= 4 is 33.5 Å². The molecule has 8 heteroatoms. The Kier molecular flexibility index (Phi) is 9.00. The molecule has 0 fully saturated rings. The number of carbonyl (C=O) groups is 2. The summed E-state index contributed by atoms with van der Waals surface area (Å²) in [6.07, 6.45) is 8.43. The van der Waals surface area contributed by atoms with E-state index in [9.17, 15) is 9.59 Å². The van der Waals surface area contributed by atoms with Crippen LogP contribution >= 0.6 is 0 Å². The zero-order valence-electron chi connectivity index (χ0n) is 24.8. The van der Waals surface area contributed by atoms with Crippen LogP contribution in [-0.2, 0) is 16.0 Å². The fraction of sp³-hybridized carbons (Fsp3) is 0.353. The molecule has 1 unspecified atom stereocenters. The molecule has 0 saturated carbocycles. The Bertz CT molecular complexity index is 1720. The number of nitrogens with one attached hydrogen (secondary N) is 3. The predicted octanol–water partition coefficient (Wildman–Crippen LogP) is 7.06. The van der Waals surface area contributed by atoms with E-state index in [1.54, 1.807) is 7.11 Å². The monoisotopic (exact) mass is 565 g/mol. The van der Waals surface area contributed by atoms with Crippen molar-refractivity contribution in [3.63, 3.8) is 0 Å². The first kappa shape index (κ1) is 29.0. The molecule has 3 aromatic heterocycles. The summed E-state index contributed by atoms with van der Waals surface area (Å²) in [5.74, 6) is 1.69. The van der Waals surface area contributed by atoms with Gasteiger partial charge in [-0.1, -0.05) is 38.0 Å². The van der Waals surface area contributed by atoms with Gasteiger partial charge in [-0.2, -0.15) is 0 Å². The molecule has 218 valence electrons. The first-order valence-corrected chi connectivity index (χ1v) is 14.7. The van der Waals surface area contributed by atoms with Crippen LogP contribution in [0.1, 0.15) is 74.1 Å². The third kappa shape index (κ3) is 6.38. The molecular formula is C34H39N5O3. The zero-order valence-corrected chi connectivity index (χ0v) is 24.8. The van der Waals surface area contributed by atoms with E-state index in [1.165, 1.54) is 0 Å². The molecule has 1 amide bonds. The highest BCUT2D eigenvalue weighted by molar-refractivity contribution is 5.95. The molecule has 0 aliphatic carbocycles. The van der Waals surface area contributed by atoms with Crippen LogP contribution in [0.5, 0.6) is 5.75 Å². The van der Waals surface area contributed by atoms with E-state index in [4.69, 9.17) is 9.72 Å². The van der Waals surface area contributed by atoms with Gasteiger partial charge in [0.25, 0.3) is 0 Å². The molecule has 0 bridgehead atoms. The Morgan fingerprint density at radius 2 is 1.86 bits per heavy atom. The molecule has 0 saturated heterocycles. The number of H-pyrrole nitrogens is 2. The van der Waals surface area contributed by atoms with Crippen molar-refractivity contribution in [2.24, 2.45) is 0 Å². The van der Waals surface area contributed by atoms with E-state index in [0.717, 1.165) is 87.1 Å². The van der Waals surface area contributed by atoms with Gasteiger partial charge in [0.05, 0.1) is 37.0 Å². The quantitative estimate of drug-likeness (QED) is 0.132. The molecule has 5 rings (SSSR count). The van der Waals surface area contributed by atoms with Crippen LogP contribution in [0.3, 0.4) is 0 Å². The molecule has 0 aliphatic heterocycles. The fourth-order valence-electron chi connectivity index (χ4n) is 5.62. The van der Waals surface area contributed by atoms with E-state index in [0.29, 0.717) is 18.6 Å². The lowest BCUT2D eigenvalue weighted by atomic mass is 10.0. The standard InChI is InChI=1S/C34H39N5O3/c1-5-23(40)10-7-6-8-12-30(38-32(41)19-27-22(3)37-29-16-14-24(42-4)18-28(27)29)34-36-20-31(39-34)25-15-13-21(2)33-26(25)11-9-17-35-33/h9,11,13-18,20,30,37H,5-8,10,12,19H2,1-4H3,(H,36,39)(H,38,41). The third-order valence-electron chi connectivity index (χ3n) is 8.03. The van der Waals surface area contributed by atoms with E-state index in [1.807, 2.05) is 50.5 Å². The molecular weight excluding hydrogens is 526 g/mol. The SMILES string of the molecule is CCC(=O)CCCCCC(NC(=O)Cc1c(C)[nH]c2ccc(OC)cc12)c1ncc(-c2ccc(C)c3ncccc23)[nH]1. The van der Waals surface area contributed by atoms with Crippen LogP contribution in [0.25, 0.3) is 33.1 Å². The Morgan fingerprint density at radius 3 is 2.67 bits per heavy atom. The van der Waals surface area contributed by atoms with Gasteiger partial charge >= 0.3 is 0 Å². The fourth-order valence-corrected chi connectivity index (χ4v) is 5.62. The second kappa shape index (κ2) is 13.0. The number of rotatable bonds is 13. The van der Waals surface area contributed by atoms with E-state index in [2.05, 4.69) is 45.4 Å². The predicted molar refractivity (Wildman–Crippen MR) is 167 cm³/mol. The summed E-state index contributed by atoms with van der Waals surface area (Å²) < 4.78 is 5.42. The maximum absolute atomic E-state index is 13.5. The first-order valence-electron chi connectivity index (χ1n) is 14.7. The lowest BCUT2D eigenvalue weighted by Gasteiger charge is -2.17. The number of hydrogen-bond donors (Lipinski definition) is 3. The minimum atomic E-state index is -0.289. The maximum Gasteiger partial charge on any atom is 0.225 e. The van der Waals surface area contributed by atoms with Crippen molar-refractivity contribution in [1.82, 2.24) is 25.3 Å². The molecule has 0 radical (unpaired) electrons. The summed E-state index contributed by atoms with van der Waals surface area (Å²) in [7, 11) is 1.64. The molecule has 3 heterocycles. The van der Waals surface area contributed by atoms with Gasteiger partial charge in [0.15, 0.2) is 0 Å². The molecule has 8 nitrogen and oxygen atoms in total. The Hall–Kier alpha value is -4.46. The first-order chi connectivity index (χ1) is 20.4. The average Bonchev–Trinajstić information content (AvgIpc) is 3.61. The van der Waals surface area contributed by atoms with Crippen molar-refractivity contribution in [1.29, 1.82) is 0 Å². The number of nitrogens with zero attached hydrogens (tertiary/aromatic N) is 2. The number of unbranched alkanes of at least 4 members (excludes halogenated alkanes) is 2. The van der Waals surface area contributed by atoms with E-state index in [-0.39, 0.29) is 18.4 Å². The van der Waals surface area contributed by atoms with Gasteiger partial charge in [0, 0.05) is 46.6 Å². The Labute approximate surface area is 246 Å². The van der Waals surface area contributed by atoms with Gasteiger partial charge in [0.1, 0.15) is 17.4 Å². The summed E-state index contributed by atoms with van der Waals surface area (Å²) in [6.45, 7) is 5.95. The van der Waals surface area contributed by atoms with Gasteiger partial charge in [-0.3, -0.25) is 14.6 Å². The average molecular weight is 566 g/mol. The number of aromatic amines is 2. The van der Waals surface area contributed by atoms with Crippen LogP contribution in [0.4, 0.5) is 0 Å². The van der Waals surface area contributed by atoms with Crippen molar-refractivity contribution in [2.75, 3.05) is 7.11 Å². The summed E-state index contributed by atoms with van der Waals surface area (Å²) in [5.41, 5.74) is 6.88. The second-order valence-electron chi connectivity index (χ2n) is 10.9. The molecule has 1 atom stereocenters. The number of aryl methyl sites for hydroxylation is 2. The van der Waals surface area contributed by atoms with Crippen LogP contribution in [0.15, 0.2) is 54.9 Å². The van der Waals surface area contributed by atoms with Gasteiger partial charge < -0.3 is 20.0 Å². The smallest absolute Gasteiger partial charge is 0.225 e. The molecule has 42 heavy (non-hydrogen) atoms. The molecule has 0 aliphatic rings. The number of pyridine rings is 1. The van der Waals surface area contributed by atoms with E-state index >= 15 is 0 Å². The Morgan fingerprint density at radius 1 is 1.00 bits per heavy atom. The van der Waals surface area contributed by atoms with Crippen molar-refractivity contribution in [2.45, 2.75) is 71.8 Å². The largest absolute Gasteiger partial charge is 0.497 e. The number of Topliss-reactive ketones (excluding diaryl/α,β-unsaturated/α-hetero) is 1. The highest BCUT2D eigenvalue weighted by Gasteiger charge is 2.21. The molecule has 3 N–H and O–H groups in total. The highest BCUT2D eigenvalue weighted by atomic mass is 16.5. The molecule has 0 spiro atoms. The maximum atomic E-state index is 13.5. The number of fused-ring (bicyclic) bond motifs is 2. The normalized spacial score (nSPS) is 12.1. The van der Waals surface area contributed by atoms with Crippen LogP contribution < -0.4 is 10.1 Å². The number of ether oxygens (including phenoxy) is 1. The number of ketones is 1. The number of benzene rings is 2. The summed E-state index contributed by atoms with van der Waals surface area (Å²) in [4.78, 5) is 41.4. The van der Waals surface area contributed by atoms with Crippen LogP contribution in [0, 0.1) is 13.8 Å². The third-order valence-corrected chi connectivity index (χ3v) is 8.03. The molecule has 5 aromatic rings. The summed E-state index contributed by atoms with van der Waals surface area (Å²) >= 11 is 0. The summed E-state index contributed by atoms with van der Waals surface area (Å²) in [6, 6.07) is 13.7. The lowest BCUT2D eigenvalue weighted by molar-refractivity contribution is -0.121. The zero-order chi connectivity index (χ0) is 29.6. The second-order valence-corrected chi connectivity index (χ2v) is 10.9. The number of imidazole rings is 1. The van der Waals surface area contributed by atoms with Gasteiger partial charge in [-0.05, 0) is 62.1 Å². The van der Waals surface area contributed by atoms with Gasteiger partial charge in [-0.25, -0.2) is 4.98 Å². The number of amides is 1. The van der Waals surface area contributed by atoms with Crippen molar-refractivity contribution in [3.8, 4) is 17.0 Å². The van der Waals surface area contributed by atoms with Crippen LogP contribution in [0.2, 0.25) is 0 Å². The summed E-state index contributed by atoms with van der Waals surface area (Å²) in [5, 5.41) is 5.30. The highest BCUT2D eigenvalue weighted by Crippen LogP contribution is 2.31. The van der Waals surface area contributed by atoms with E-state index < -0.39 is 0 Å². The van der Waals surface area contributed by atoms with Crippen molar-refractivity contribution in [3.05, 3.63) is 77.5 Å². The minimum Gasteiger partial charge on any atom is -0.497 e. The number of hydrogen-bond acceptors (Lipinski definition) is 5. The van der Waals surface area contributed by atoms with Crippen LogP contribution in [-0.4, -0.2) is 38.7 Å².